The zero-order valence-electron chi connectivity index (χ0n) is 9.53. The van der Waals surface area contributed by atoms with Crippen LogP contribution in [0.25, 0.3) is 5.69 Å². The first-order valence-electron chi connectivity index (χ1n) is 5.73. The fourth-order valence-corrected chi connectivity index (χ4v) is 2.19. The molecule has 0 saturated heterocycles. The molecule has 1 aromatic carbocycles. The van der Waals surface area contributed by atoms with E-state index in [2.05, 4.69) is 5.10 Å². The Bertz CT molecular complexity index is 623. The summed E-state index contributed by atoms with van der Waals surface area (Å²) in [4.78, 5) is 11.5. The molecule has 1 heterocycles. The second-order valence-corrected chi connectivity index (χ2v) is 5.00. The number of aryl methyl sites for hydroxylation is 1. The zero-order valence-corrected chi connectivity index (χ0v) is 10.3. The number of nitrogens with zero attached hydrogens (tertiary/aromatic N) is 1. The minimum absolute atomic E-state index is 0.0522. The fourth-order valence-electron chi connectivity index (χ4n) is 2.02. The molecule has 0 unspecified atom stereocenters. The summed E-state index contributed by atoms with van der Waals surface area (Å²) in [6.07, 6.45) is 2.33. The quantitative estimate of drug-likeness (QED) is 0.872. The molecule has 1 aromatic heterocycles. The number of halogens is 1. The molecular formula is C13H13ClN2O. The van der Waals surface area contributed by atoms with Crippen molar-refractivity contribution in [3.8, 4) is 5.69 Å². The maximum Gasteiger partial charge on any atom is 0.264 e. The van der Waals surface area contributed by atoms with Crippen molar-refractivity contribution in [3.05, 3.63) is 50.9 Å². The Labute approximate surface area is 104 Å². The minimum atomic E-state index is -0.0522. The van der Waals surface area contributed by atoms with Gasteiger partial charge in [-0.2, -0.15) is 0 Å². The van der Waals surface area contributed by atoms with Crippen molar-refractivity contribution >= 4 is 11.6 Å². The van der Waals surface area contributed by atoms with Gasteiger partial charge in [0.05, 0.1) is 5.69 Å². The number of aromatic nitrogens is 2. The Kier molecular flexibility index (Phi) is 2.37. The van der Waals surface area contributed by atoms with Crippen LogP contribution in [0.3, 0.4) is 0 Å². The SMILES string of the molecule is Cc1ccc(-n2[nH]c(=O)cc2C2CC2)cc1Cl. The molecule has 88 valence electrons. The lowest BCUT2D eigenvalue weighted by atomic mass is 10.2. The smallest absolute Gasteiger partial charge is 0.264 e. The molecule has 0 aliphatic heterocycles. The number of nitrogens with one attached hydrogen (secondary N) is 1. The molecule has 2 aromatic rings. The van der Waals surface area contributed by atoms with Gasteiger partial charge in [-0.1, -0.05) is 17.7 Å². The molecular weight excluding hydrogens is 236 g/mol. The van der Waals surface area contributed by atoms with Gasteiger partial charge < -0.3 is 0 Å². The fraction of sp³-hybridized carbons (Fsp3) is 0.308. The standard InChI is InChI=1S/C13H13ClN2O/c1-8-2-5-10(6-11(8)14)16-12(9-3-4-9)7-13(17)15-16/h2,5-7,9H,3-4H2,1H3,(H,15,17). The molecule has 1 aliphatic carbocycles. The van der Waals surface area contributed by atoms with Crippen LogP contribution in [0.1, 0.15) is 30.0 Å². The van der Waals surface area contributed by atoms with Crippen LogP contribution in [0.5, 0.6) is 0 Å². The third kappa shape index (κ3) is 1.91. The zero-order chi connectivity index (χ0) is 12.0. The Balaban J connectivity index is 2.13. The molecule has 0 radical (unpaired) electrons. The highest BCUT2D eigenvalue weighted by atomic mass is 35.5. The van der Waals surface area contributed by atoms with Gasteiger partial charge in [0.15, 0.2) is 0 Å². The molecule has 1 saturated carbocycles. The van der Waals surface area contributed by atoms with Crippen LogP contribution in [-0.2, 0) is 0 Å². The van der Waals surface area contributed by atoms with Gasteiger partial charge in [0.2, 0.25) is 0 Å². The van der Waals surface area contributed by atoms with E-state index in [1.165, 1.54) is 0 Å². The maximum absolute atomic E-state index is 11.5. The molecule has 4 heteroatoms. The van der Waals surface area contributed by atoms with E-state index in [-0.39, 0.29) is 5.56 Å². The van der Waals surface area contributed by atoms with E-state index in [0.717, 1.165) is 34.8 Å². The third-order valence-electron chi connectivity index (χ3n) is 3.17. The maximum atomic E-state index is 11.5. The Hall–Kier alpha value is -1.48. The van der Waals surface area contributed by atoms with Gasteiger partial charge in [0.1, 0.15) is 0 Å². The van der Waals surface area contributed by atoms with Crippen LogP contribution in [0, 0.1) is 6.92 Å². The number of hydrogen-bond acceptors (Lipinski definition) is 1. The number of H-pyrrole nitrogens is 1. The molecule has 3 rings (SSSR count). The minimum Gasteiger partial charge on any atom is -0.268 e. The van der Waals surface area contributed by atoms with Gasteiger partial charge in [-0.3, -0.25) is 14.6 Å². The molecule has 0 amide bonds. The van der Waals surface area contributed by atoms with Crippen molar-refractivity contribution in [2.75, 3.05) is 0 Å². The number of hydrogen-bond donors (Lipinski definition) is 1. The summed E-state index contributed by atoms with van der Waals surface area (Å²) in [5.74, 6) is 0.522. The summed E-state index contributed by atoms with van der Waals surface area (Å²) < 4.78 is 1.85. The predicted molar refractivity (Wildman–Crippen MR) is 68.1 cm³/mol. The van der Waals surface area contributed by atoms with E-state index in [1.807, 2.05) is 29.8 Å². The van der Waals surface area contributed by atoms with E-state index in [4.69, 9.17) is 11.6 Å². The van der Waals surface area contributed by atoms with Crippen molar-refractivity contribution in [1.29, 1.82) is 0 Å². The van der Waals surface area contributed by atoms with Gasteiger partial charge in [-0.05, 0) is 37.5 Å². The number of rotatable bonds is 2. The highest BCUT2D eigenvalue weighted by Crippen LogP contribution is 2.40. The number of aromatic amines is 1. The Morgan fingerprint density at radius 3 is 2.76 bits per heavy atom. The van der Waals surface area contributed by atoms with Crippen LogP contribution in [0.4, 0.5) is 0 Å². The van der Waals surface area contributed by atoms with Crippen LogP contribution in [0.2, 0.25) is 5.02 Å². The van der Waals surface area contributed by atoms with Gasteiger partial charge >= 0.3 is 0 Å². The van der Waals surface area contributed by atoms with Crippen molar-refractivity contribution in [2.24, 2.45) is 0 Å². The van der Waals surface area contributed by atoms with Gasteiger partial charge in [0.25, 0.3) is 5.56 Å². The molecule has 1 N–H and O–H groups in total. The van der Waals surface area contributed by atoms with Crippen molar-refractivity contribution in [3.63, 3.8) is 0 Å². The second kappa shape index (κ2) is 3.77. The van der Waals surface area contributed by atoms with Crippen LogP contribution < -0.4 is 5.56 Å². The van der Waals surface area contributed by atoms with Crippen LogP contribution in [0.15, 0.2) is 29.1 Å². The van der Waals surface area contributed by atoms with E-state index < -0.39 is 0 Å². The third-order valence-corrected chi connectivity index (χ3v) is 3.58. The highest BCUT2D eigenvalue weighted by Gasteiger charge is 2.27. The van der Waals surface area contributed by atoms with Crippen molar-refractivity contribution < 1.29 is 0 Å². The summed E-state index contributed by atoms with van der Waals surface area (Å²) in [6, 6.07) is 7.51. The van der Waals surface area contributed by atoms with E-state index in [1.54, 1.807) is 6.07 Å². The largest absolute Gasteiger partial charge is 0.268 e. The summed E-state index contributed by atoms with van der Waals surface area (Å²) in [5.41, 5.74) is 2.97. The predicted octanol–water partition coefficient (Wildman–Crippen LogP) is 3.00. The molecule has 0 bridgehead atoms. The first-order valence-corrected chi connectivity index (χ1v) is 6.11. The molecule has 1 aliphatic rings. The molecule has 0 atom stereocenters. The highest BCUT2D eigenvalue weighted by molar-refractivity contribution is 6.31. The van der Waals surface area contributed by atoms with E-state index in [9.17, 15) is 4.79 Å². The van der Waals surface area contributed by atoms with E-state index in [0.29, 0.717) is 5.92 Å². The van der Waals surface area contributed by atoms with Crippen molar-refractivity contribution in [2.45, 2.75) is 25.7 Å². The first-order chi connectivity index (χ1) is 8.15. The average Bonchev–Trinajstić information content (AvgIpc) is 3.06. The van der Waals surface area contributed by atoms with Crippen LogP contribution in [-0.4, -0.2) is 9.78 Å². The summed E-state index contributed by atoms with van der Waals surface area (Å²) in [6.45, 7) is 1.96. The number of benzene rings is 1. The Morgan fingerprint density at radius 1 is 1.35 bits per heavy atom. The van der Waals surface area contributed by atoms with Gasteiger partial charge in [-0.25, -0.2) is 0 Å². The van der Waals surface area contributed by atoms with Gasteiger partial charge in [0, 0.05) is 22.7 Å². The normalized spacial score (nSPS) is 15.2. The topological polar surface area (TPSA) is 37.8 Å². The lowest BCUT2D eigenvalue weighted by Gasteiger charge is -2.08. The van der Waals surface area contributed by atoms with Gasteiger partial charge in [-0.15, -0.1) is 0 Å². The lowest BCUT2D eigenvalue weighted by Crippen LogP contribution is -2.05. The average molecular weight is 249 g/mol. The molecule has 17 heavy (non-hydrogen) atoms. The molecule has 3 nitrogen and oxygen atoms in total. The summed E-state index contributed by atoms with van der Waals surface area (Å²) >= 11 is 6.11. The molecule has 1 fully saturated rings. The van der Waals surface area contributed by atoms with Crippen LogP contribution >= 0.6 is 11.6 Å². The molecule has 0 spiro atoms. The Morgan fingerprint density at radius 2 is 2.12 bits per heavy atom. The second-order valence-electron chi connectivity index (χ2n) is 4.59. The first kappa shape index (κ1) is 10.7. The monoisotopic (exact) mass is 248 g/mol. The summed E-state index contributed by atoms with van der Waals surface area (Å²) in [7, 11) is 0. The van der Waals surface area contributed by atoms with E-state index >= 15 is 0 Å². The summed E-state index contributed by atoms with van der Waals surface area (Å²) in [5, 5.41) is 3.55. The van der Waals surface area contributed by atoms with Crippen molar-refractivity contribution in [1.82, 2.24) is 9.78 Å². The lowest BCUT2D eigenvalue weighted by molar-refractivity contribution is 0.799.